The van der Waals surface area contributed by atoms with Crippen LogP contribution in [0, 0.1) is 11.8 Å². The van der Waals surface area contributed by atoms with Crippen LogP contribution in [0.2, 0.25) is 0 Å². The highest BCUT2D eigenvalue weighted by atomic mass is 16.4. The number of aryl methyl sites for hydroxylation is 1. The lowest BCUT2D eigenvalue weighted by Gasteiger charge is -2.11. The molecule has 2 aromatic rings. The van der Waals surface area contributed by atoms with E-state index in [2.05, 4.69) is 43.0 Å². The number of aliphatic carboxylic acids is 1. The van der Waals surface area contributed by atoms with Crippen LogP contribution >= 0.6 is 0 Å². The second kappa shape index (κ2) is 11.8. The predicted octanol–water partition coefficient (Wildman–Crippen LogP) is 4.87. The molecule has 146 valence electrons. The molecule has 0 aliphatic heterocycles. The molecule has 0 unspecified atom stereocenters. The predicted molar refractivity (Wildman–Crippen MR) is 116 cm³/mol. The van der Waals surface area contributed by atoms with Gasteiger partial charge in [0.05, 0.1) is 6.54 Å². The van der Waals surface area contributed by atoms with E-state index in [4.69, 9.17) is 5.11 Å². The summed E-state index contributed by atoms with van der Waals surface area (Å²) in [6.07, 6.45) is 6.84. The molecule has 0 saturated heterocycles. The first-order valence-electron chi connectivity index (χ1n) is 9.85. The van der Waals surface area contributed by atoms with Crippen LogP contribution in [-0.4, -0.2) is 36.1 Å². The SMILES string of the molecule is CCCCCc1ccc(C#C/C(=C/CN(C)CC(=O)O)c2ccccc2)cc1. The normalized spacial score (nSPS) is 11.2. The zero-order chi connectivity index (χ0) is 20.2. The Kier molecular flexibility index (Phi) is 9.04. The third kappa shape index (κ3) is 7.82. The first-order chi connectivity index (χ1) is 13.6. The van der Waals surface area contributed by atoms with E-state index in [9.17, 15) is 4.79 Å². The average Bonchev–Trinajstić information content (AvgIpc) is 2.69. The third-order valence-corrected chi connectivity index (χ3v) is 4.46. The fourth-order valence-electron chi connectivity index (χ4n) is 2.87. The van der Waals surface area contributed by atoms with Crippen LogP contribution in [0.5, 0.6) is 0 Å². The van der Waals surface area contributed by atoms with Crippen molar-refractivity contribution in [3.63, 3.8) is 0 Å². The van der Waals surface area contributed by atoms with E-state index in [1.165, 1.54) is 24.8 Å². The van der Waals surface area contributed by atoms with Crippen molar-refractivity contribution in [2.45, 2.75) is 32.6 Å². The molecule has 0 atom stereocenters. The van der Waals surface area contributed by atoms with Gasteiger partial charge in [0.15, 0.2) is 0 Å². The Balaban J connectivity index is 2.13. The molecule has 0 bridgehead atoms. The van der Waals surface area contributed by atoms with Gasteiger partial charge in [-0.15, -0.1) is 0 Å². The summed E-state index contributed by atoms with van der Waals surface area (Å²) in [5.74, 6) is 5.69. The molecule has 2 aromatic carbocycles. The van der Waals surface area contributed by atoms with Gasteiger partial charge in [-0.2, -0.15) is 0 Å². The lowest BCUT2D eigenvalue weighted by atomic mass is 10.0. The zero-order valence-electron chi connectivity index (χ0n) is 16.8. The third-order valence-electron chi connectivity index (χ3n) is 4.46. The van der Waals surface area contributed by atoms with Crippen LogP contribution in [-0.2, 0) is 11.2 Å². The van der Waals surface area contributed by atoms with Crippen molar-refractivity contribution in [1.82, 2.24) is 4.90 Å². The molecule has 0 aliphatic rings. The summed E-state index contributed by atoms with van der Waals surface area (Å²) in [4.78, 5) is 12.6. The van der Waals surface area contributed by atoms with Crippen molar-refractivity contribution < 1.29 is 9.90 Å². The Morgan fingerprint density at radius 1 is 1.07 bits per heavy atom. The van der Waals surface area contributed by atoms with E-state index in [-0.39, 0.29) is 6.54 Å². The van der Waals surface area contributed by atoms with Crippen LogP contribution in [0.25, 0.3) is 5.57 Å². The summed E-state index contributed by atoms with van der Waals surface area (Å²) < 4.78 is 0. The number of benzene rings is 2. The highest BCUT2D eigenvalue weighted by Gasteiger charge is 2.04. The molecule has 0 fully saturated rings. The van der Waals surface area contributed by atoms with E-state index < -0.39 is 5.97 Å². The molecular formula is C25H29NO2. The summed E-state index contributed by atoms with van der Waals surface area (Å²) in [5, 5.41) is 8.92. The molecule has 3 heteroatoms. The van der Waals surface area contributed by atoms with E-state index >= 15 is 0 Å². The number of carbonyl (C=O) groups is 1. The maximum Gasteiger partial charge on any atom is 0.317 e. The molecule has 0 aliphatic carbocycles. The van der Waals surface area contributed by atoms with Gasteiger partial charge in [-0.25, -0.2) is 0 Å². The van der Waals surface area contributed by atoms with Gasteiger partial charge in [0.25, 0.3) is 0 Å². The van der Waals surface area contributed by atoms with Gasteiger partial charge in [-0.3, -0.25) is 9.69 Å². The number of hydrogen-bond acceptors (Lipinski definition) is 2. The number of rotatable bonds is 9. The minimum absolute atomic E-state index is 0.00545. The topological polar surface area (TPSA) is 40.5 Å². The lowest BCUT2D eigenvalue weighted by Crippen LogP contribution is -2.25. The number of nitrogens with zero attached hydrogens (tertiary/aromatic N) is 1. The number of carboxylic acids is 1. The fourth-order valence-corrected chi connectivity index (χ4v) is 2.87. The van der Waals surface area contributed by atoms with E-state index in [1.807, 2.05) is 36.4 Å². The minimum Gasteiger partial charge on any atom is -0.480 e. The monoisotopic (exact) mass is 375 g/mol. The molecular weight excluding hydrogens is 346 g/mol. The summed E-state index contributed by atoms with van der Waals surface area (Å²) in [5.41, 5.74) is 4.29. The van der Waals surface area contributed by atoms with Gasteiger partial charge in [-0.05, 0) is 43.1 Å². The maximum absolute atomic E-state index is 10.9. The van der Waals surface area contributed by atoms with Crippen LogP contribution in [0.15, 0.2) is 60.7 Å². The molecule has 3 nitrogen and oxygen atoms in total. The summed E-state index contributed by atoms with van der Waals surface area (Å²) >= 11 is 0. The summed E-state index contributed by atoms with van der Waals surface area (Å²) in [6, 6.07) is 18.5. The quantitative estimate of drug-likeness (QED) is 0.502. The first kappa shape index (κ1) is 21.5. The molecule has 2 rings (SSSR count). The van der Waals surface area contributed by atoms with Gasteiger partial charge in [0.2, 0.25) is 0 Å². The number of likely N-dealkylation sites (N-methyl/N-ethyl adjacent to an activating group) is 1. The highest BCUT2D eigenvalue weighted by Crippen LogP contribution is 2.14. The Labute approximate surface area is 168 Å². The van der Waals surface area contributed by atoms with Gasteiger partial charge in [0.1, 0.15) is 0 Å². The number of unbranched alkanes of at least 4 members (excludes halogenated alkanes) is 2. The zero-order valence-corrected chi connectivity index (χ0v) is 16.8. The van der Waals surface area contributed by atoms with E-state index in [1.54, 1.807) is 11.9 Å². The van der Waals surface area contributed by atoms with Crippen molar-refractivity contribution in [3.8, 4) is 11.8 Å². The Morgan fingerprint density at radius 3 is 2.43 bits per heavy atom. The second-order valence-electron chi connectivity index (χ2n) is 6.98. The van der Waals surface area contributed by atoms with E-state index in [0.29, 0.717) is 6.54 Å². The van der Waals surface area contributed by atoms with Gasteiger partial charge in [0, 0.05) is 17.7 Å². The first-order valence-corrected chi connectivity index (χ1v) is 9.85. The summed E-state index contributed by atoms with van der Waals surface area (Å²) in [6.45, 7) is 2.75. The number of hydrogen-bond donors (Lipinski definition) is 1. The molecule has 0 saturated carbocycles. The Bertz CT molecular complexity index is 826. The smallest absolute Gasteiger partial charge is 0.317 e. The van der Waals surface area contributed by atoms with Crippen molar-refractivity contribution in [1.29, 1.82) is 0 Å². The fraction of sp³-hybridized carbons (Fsp3) is 0.320. The Hall–Kier alpha value is -2.83. The minimum atomic E-state index is -0.831. The van der Waals surface area contributed by atoms with E-state index in [0.717, 1.165) is 23.1 Å². The van der Waals surface area contributed by atoms with Crippen LogP contribution in [0.1, 0.15) is 42.9 Å². The largest absolute Gasteiger partial charge is 0.480 e. The van der Waals surface area contributed by atoms with Gasteiger partial charge < -0.3 is 5.11 Å². The lowest BCUT2D eigenvalue weighted by molar-refractivity contribution is -0.137. The molecule has 0 aromatic heterocycles. The van der Waals surface area contributed by atoms with Crippen molar-refractivity contribution in [2.24, 2.45) is 0 Å². The highest BCUT2D eigenvalue weighted by molar-refractivity contribution is 5.79. The standard InChI is InChI=1S/C25H29NO2/c1-3-4-6-9-21-12-14-22(15-13-21)16-17-24(23-10-7-5-8-11-23)18-19-26(2)20-25(27)28/h5,7-8,10-15,18H,3-4,6,9,19-20H2,1-2H3,(H,27,28)/b24-18-. The maximum atomic E-state index is 10.9. The van der Waals surface area contributed by atoms with Crippen LogP contribution in [0.3, 0.4) is 0 Å². The van der Waals surface area contributed by atoms with Crippen LogP contribution in [0.4, 0.5) is 0 Å². The molecule has 0 spiro atoms. The Morgan fingerprint density at radius 2 is 1.79 bits per heavy atom. The summed E-state index contributed by atoms with van der Waals surface area (Å²) in [7, 11) is 1.79. The second-order valence-corrected chi connectivity index (χ2v) is 6.98. The van der Waals surface area contributed by atoms with Crippen molar-refractivity contribution in [2.75, 3.05) is 20.1 Å². The van der Waals surface area contributed by atoms with Gasteiger partial charge in [-0.1, -0.05) is 80.1 Å². The molecule has 0 amide bonds. The number of carboxylic acid groups (broad SMARTS) is 1. The van der Waals surface area contributed by atoms with Crippen molar-refractivity contribution in [3.05, 3.63) is 77.4 Å². The van der Waals surface area contributed by atoms with Crippen LogP contribution < -0.4 is 0 Å². The van der Waals surface area contributed by atoms with Crippen molar-refractivity contribution >= 4 is 11.5 Å². The number of allylic oxidation sites excluding steroid dienone is 1. The molecule has 0 heterocycles. The average molecular weight is 376 g/mol. The molecule has 1 N–H and O–H groups in total. The van der Waals surface area contributed by atoms with Gasteiger partial charge >= 0.3 is 5.97 Å². The molecule has 0 radical (unpaired) electrons. The molecule has 28 heavy (non-hydrogen) atoms.